The Hall–Kier alpha value is -0.0800. The second-order valence-electron chi connectivity index (χ2n) is 7.93. The lowest BCUT2D eigenvalue weighted by Gasteiger charge is -2.42. The van der Waals surface area contributed by atoms with Crippen molar-refractivity contribution in [2.45, 2.75) is 64.8 Å². The van der Waals surface area contributed by atoms with E-state index in [2.05, 4.69) is 38.2 Å². The summed E-state index contributed by atoms with van der Waals surface area (Å²) in [6, 6.07) is 0.735. The smallest absolute Gasteiger partial charge is 0.0105 e. The Kier molecular flexibility index (Phi) is 5.30. The number of nitrogens with one attached hydrogen (secondary N) is 1. The average Bonchev–Trinajstić information content (AvgIpc) is 2.81. The topological polar surface area (TPSA) is 15.3 Å². The van der Waals surface area contributed by atoms with Gasteiger partial charge in [-0.1, -0.05) is 26.7 Å². The zero-order valence-electron chi connectivity index (χ0n) is 13.5. The normalized spacial score (nSPS) is 32.1. The first-order valence-corrected chi connectivity index (χ1v) is 8.36. The van der Waals surface area contributed by atoms with Gasteiger partial charge in [-0.15, -0.1) is 0 Å². The Bertz CT molecular complexity index is 268. The number of hydrogen-bond acceptors (Lipinski definition) is 2. The van der Waals surface area contributed by atoms with Crippen molar-refractivity contribution in [1.29, 1.82) is 0 Å². The molecule has 0 aliphatic heterocycles. The van der Waals surface area contributed by atoms with E-state index in [0.717, 1.165) is 17.9 Å². The summed E-state index contributed by atoms with van der Waals surface area (Å²) >= 11 is 0. The number of nitrogens with zero attached hydrogens (tertiary/aromatic N) is 1. The molecule has 1 N–H and O–H groups in total. The molecule has 2 aliphatic rings. The largest absolute Gasteiger partial charge is 0.317 e. The summed E-state index contributed by atoms with van der Waals surface area (Å²) in [5.74, 6) is 1.81. The summed E-state index contributed by atoms with van der Waals surface area (Å²) in [5, 5.41) is 3.56. The molecule has 2 atom stereocenters. The van der Waals surface area contributed by atoms with Crippen LogP contribution in [0.15, 0.2) is 0 Å². The lowest BCUT2D eigenvalue weighted by molar-refractivity contribution is 0.107. The summed E-state index contributed by atoms with van der Waals surface area (Å²) < 4.78 is 0. The molecule has 2 rings (SSSR count). The van der Waals surface area contributed by atoms with Gasteiger partial charge in [0.2, 0.25) is 0 Å². The molecule has 2 fully saturated rings. The molecular weight excluding hydrogens is 232 g/mol. The molecule has 0 bridgehead atoms. The molecule has 2 saturated carbocycles. The van der Waals surface area contributed by atoms with Crippen LogP contribution < -0.4 is 5.32 Å². The Labute approximate surface area is 120 Å². The lowest BCUT2D eigenvalue weighted by Crippen LogP contribution is -2.46. The first kappa shape index (κ1) is 15.3. The van der Waals surface area contributed by atoms with Crippen LogP contribution in [0, 0.1) is 17.3 Å². The predicted molar refractivity (Wildman–Crippen MR) is 83.4 cm³/mol. The van der Waals surface area contributed by atoms with E-state index < -0.39 is 0 Å². The van der Waals surface area contributed by atoms with Crippen molar-refractivity contribution in [3.63, 3.8) is 0 Å². The maximum Gasteiger partial charge on any atom is 0.0105 e. The summed E-state index contributed by atoms with van der Waals surface area (Å²) in [7, 11) is 4.49. The van der Waals surface area contributed by atoms with Crippen LogP contribution in [0.5, 0.6) is 0 Å². The van der Waals surface area contributed by atoms with Crippen LogP contribution in [0.3, 0.4) is 0 Å². The van der Waals surface area contributed by atoms with Gasteiger partial charge in [-0.25, -0.2) is 0 Å². The van der Waals surface area contributed by atoms with Gasteiger partial charge in [0.05, 0.1) is 0 Å². The Morgan fingerprint density at radius 3 is 2.42 bits per heavy atom. The van der Waals surface area contributed by atoms with Crippen molar-refractivity contribution >= 4 is 0 Å². The van der Waals surface area contributed by atoms with Crippen LogP contribution in [0.4, 0.5) is 0 Å². The molecular formula is C17H34N2. The fourth-order valence-electron chi connectivity index (χ4n) is 4.42. The minimum absolute atomic E-state index is 0.548. The second kappa shape index (κ2) is 6.58. The third kappa shape index (κ3) is 4.46. The van der Waals surface area contributed by atoms with Crippen LogP contribution in [0.2, 0.25) is 0 Å². The van der Waals surface area contributed by atoms with Gasteiger partial charge in [0.15, 0.2) is 0 Å². The van der Waals surface area contributed by atoms with Gasteiger partial charge in [-0.2, -0.15) is 0 Å². The molecule has 112 valence electrons. The molecule has 2 unspecified atom stereocenters. The van der Waals surface area contributed by atoms with Gasteiger partial charge in [0, 0.05) is 19.1 Å². The van der Waals surface area contributed by atoms with E-state index in [-0.39, 0.29) is 0 Å². The van der Waals surface area contributed by atoms with E-state index in [0.29, 0.717) is 5.41 Å². The minimum Gasteiger partial charge on any atom is -0.317 e. The van der Waals surface area contributed by atoms with E-state index in [9.17, 15) is 0 Å². The van der Waals surface area contributed by atoms with Crippen LogP contribution in [-0.2, 0) is 0 Å². The quantitative estimate of drug-likeness (QED) is 0.819. The van der Waals surface area contributed by atoms with Crippen LogP contribution in [-0.4, -0.2) is 38.1 Å². The van der Waals surface area contributed by atoms with E-state index >= 15 is 0 Å². The summed E-state index contributed by atoms with van der Waals surface area (Å²) in [6.45, 7) is 7.50. The Morgan fingerprint density at radius 1 is 1.11 bits per heavy atom. The first-order valence-electron chi connectivity index (χ1n) is 8.36. The van der Waals surface area contributed by atoms with Crippen molar-refractivity contribution < 1.29 is 0 Å². The molecule has 0 aromatic rings. The zero-order valence-corrected chi connectivity index (χ0v) is 13.5. The number of hydrogen-bond donors (Lipinski definition) is 1. The summed E-state index contributed by atoms with van der Waals surface area (Å²) in [4.78, 5) is 2.62. The maximum absolute atomic E-state index is 3.56. The zero-order chi connectivity index (χ0) is 13.9. The highest BCUT2D eigenvalue weighted by Gasteiger charge is 2.34. The molecule has 2 aliphatic carbocycles. The molecule has 2 nitrogen and oxygen atoms in total. The van der Waals surface area contributed by atoms with Gasteiger partial charge in [0.1, 0.15) is 0 Å². The average molecular weight is 266 g/mol. The third-order valence-electron chi connectivity index (χ3n) is 5.48. The highest BCUT2D eigenvalue weighted by atomic mass is 15.1. The highest BCUT2D eigenvalue weighted by Crippen LogP contribution is 2.39. The lowest BCUT2D eigenvalue weighted by atomic mass is 9.69. The molecule has 0 radical (unpaired) electrons. The molecule has 2 heteroatoms. The number of rotatable bonds is 5. The van der Waals surface area contributed by atoms with Crippen molar-refractivity contribution in [3.05, 3.63) is 0 Å². The van der Waals surface area contributed by atoms with E-state index in [1.165, 1.54) is 58.0 Å². The standard InChI is InChI=1S/C17H34N2/c1-17(2)10-9-16(18-3)15(11-17)13-19(4)12-14-7-5-6-8-14/h14-16,18H,5-13H2,1-4H3. The van der Waals surface area contributed by atoms with Crippen LogP contribution in [0.25, 0.3) is 0 Å². The monoisotopic (exact) mass is 266 g/mol. The van der Waals surface area contributed by atoms with Gasteiger partial charge >= 0.3 is 0 Å². The van der Waals surface area contributed by atoms with Crippen molar-refractivity contribution in [1.82, 2.24) is 10.2 Å². The molecule has 0 saturated heterocycles. The summed E-state index contributed by atoms with van der Waals surface area (Å²) in [6.07, 6.45) is 9.98. The Morgan fingerprint density at radius 2 is 1.79 bits per heavy atom. The van der Waals surface area contributed by atoms with E-state index in [1.54, 1.807) is 0 Å². The summed E-state index contributed by atoms with van der Waals surface area (Å²) in [5.41, 5.74) is 0.548. The van der Waals surface area contributed by atoms with Crippen molar-refractivity contribution in [3.8, 4) is 0 Å². The molecule has 0 aromatic heterocycles. The third-order valence-corrected chi connectivity index (χ3v) is 5.48. The SMILES string of the molecule is CNC1CCC(C)(C)CC1CN(C)CC1CCCC1. The molecule has 0 aromatic carbocycles. The van der Waals surface area contributed by atoms with Crippen molar-refractivity contribution in [2.24, 2.45) is 17.3 Å². The van der Waals surface area contributed by atoms with E-state index in [1.807, 2.05) is 0 Å². The minimum atomic E-state index is 0.548. The molecule has 19 heavy (non-hydrogen) atoms. The fourth-order valence-corrected chi connectivity index (χ4v) is 4.42. The van der Waals surface area contributed by atoms with Crippen LogP contribution in [0.1, 0.15) is 58.8 Å². The van der Waals surface area contributed by atoms with Crippen LogP contribution >= 0.6 is 0 Å². The highest BCUT2D eigenvalue weighted by molar-refractivity contribution is 4.89. The van der Waals surface area contributed by atoms with Gasteiger partial charge in [-0.3, -0.25) is 0 Å². The molecule has 0 amide bonds. The fraction of sp³-hybridized carbons (Fsp3) is 1.00. The Balaban J connectivity index is 1.83. The second-order valence-corrected chi connectivity index (χ2v) is 7.93. The van der Waals surface area contributed by atoms with Gasteiger partial charge < -0.3 is 10.2 Å². The van der Waals surface area contributed by atoms with E-state index in [4.69, 9.17) is 0 Å². The predicted octanol–water partition coefficient (Wildman–Crippen LogP) is 3.52. The maximum atomic E-state index is 3.56. The van der Waals surface area contributed by atoms with Crippen molar-refractivity contribution in [2.75, 3.05) is 27.2 Å². The first-order chi connectivity index (χ1) is 9.00. The van der Waals surface area contributed by atoms with Gasteiger partial charge in [-0.05, 0) is 63.5 Å². The molecule has 0 spiro atoms. The molecule has 0 heterocycles. The van der Waals surface area contributed by atoms with Gasteiger partial charge in [0.25, 0.3) is 0 Å².